The minimum Gasteiger partial charge on any atom is -0.326 e. The van der Waals surface area contributed by atoms with Crippen LogP contribution in [0.5, 0.6) is 0 Å². The maximum absolute atomic E-state index is 11.3. The van der Waals surface area contributed by atoms with Gasteiger partial charge in [-0.15, -0.1) is 11.6 Å². The molecule has 0 aliphatic heterocycles. The van der Waals surface area contributed by atoms with E-state index in [0.29, 0.717) is 12.4 Å². The first-order chi connectivity index (χ1) is 8.78. The van der Waals surface area contributed by atoms with Gasteiger partial charge in [-0.1, -0.05) is 15.9 Å². The van der Waals surface area contributed by atoms with Gasteiger partial charge in [0.25, 0.3) is 0 Å². The Morgan fingerprint density at radius 1 is 1.47 bits per heavy atom. The molecule has 0 saturated carbocycles. The molecule has 0 fully saturated rings. The topological polar surface area (TPSA) is 52.0 Å². The van der Waals surface area contributed by atoms with Gasteiger partial charge in [-0.3, -0.25) is 0 Å². The highest BCUT2D eigenvalue weighted by Crippen LogP contribution is 2.26. The number of rotatable bonds is 4. The van der Waals surface area contributed by atoms with Gasteiger partial charge in [-0.25, -0.2) is 13.4 Å². The second-order valence-electron chi connectivity index (χ2n) is 4.50. The summed E-state index contributed by atoms with van der Waals surface area (Å²) >= 11 is 9.52. The van der Waals surface area contributed by atoms with Gasteiger partial charge in [0.2, 0.25) is 0 Å². The number of fused-ring (bicyclic) bond motifs is 1. The van der Waals surface area contributed by atoms with Gasteiger partial charge < -0.3 is 4.57 Å². The average Bonchev–Trinajstić information content (AvgIpc) is 2.63. The summed E-state index contributed by atoms with van der Waals surface area (Å²) in [6.07, 6.45) is 1.23. The molecule has 7 heteroatoms. The van der Waals surface area contributed by atoms with Crippen molar-refractivity contribution in [2.75, 3.05) is 12.0 Å². The second kappa shape index (κ2) is 5.42. The van der Waals surface area contributed by atoms with E-state index in [1.54, 1.807) is 0 Å². The molecule has 0 spiro atoms. The molecule has 1 aromatic carbocycles. The Morgan fingerprint density at radius 2 is 2.16 bits per heavy atom. The van der Waals surface area contributed by atoms with E-state index < -0.39 is 9.84 Å². The van der Waals surface area contributed by atoms with Crippen molar-refractivity contribution in [2.45, 2.75) is 18.8 Å². The number of halogens is 2. The van der Waals surface area contributed by atoms with Gasteiger partial charge in [0.15, 0.2) is 0 Å². The summed E-state index contributed by atoms with van der Waals surface area (Å²) in [4.78, 5) is 4.48. The number of alkyl halides is 1. The molecule has 104 valence electrons. The quantitative estimate of drug-likeness (QED) is 0.782. The number of nitrogens with zero attached hydrogens (tertiary/aromatic N) is 2. The average molecular weight is 366 g/mol. The third-order valence-corrected chi connectivity index (χ3v) is 4.39. The Balaban J connectivity index is 2.52. The van der Waals surface area contributed by atoms with Crippen molar-refractivity contribution >= 4 is 48.4 Å². The van der Waals surface area contributed by atoms with Crippen LogP contribution in [0.3, 0.4) is 0 Å². The highest BCUT2D eigenvalue weighted by molar-refractivity contribution is 9.10. The molecule has 0 N–H and O–H groups in total. The fourth-order valence-electron chi connectivity index (χ4n) is 1.92. The zero-order valence-corrected chi connectivity index (χ0v) is 13.8. The van der Waals surface area contributed by atoms with Gasteiger partial charge >= 0.3 is 0 Å². The molecule has 1 heterocycles. The Bertz CT molecular complexity index is 710. The second-order valence-corrected chi connectivity index (χ2v) is 8.33. The molecule has 19 heavy (non-hydrogen) atoms. The Morgan fingerprint density at radius 3 is 2.74 bits per heavy atom. The summed E-state index contributed by atoms with van der Waals surface area (Å²) in [6.45, 7) is 2.19. The number of hydrogen-bond acceptors (Lipinski definition) is 3. The number of aromatic nitrogens is 2. The van der Waals surface area contributed by atoms with Crippen LogP contribution in [0.1, 0.15) is 18.1 Å². The number of hydrogen-bond donors (Lipinski definition) is 0. The predicted molar refractivity (Wildman–Crippen MR) is 81.4 cm³/mol. The SMILES string of the molecule is CC(Cl)c1nc2cc(Br)ccc2n1CCS(C)(=O)=O. The molecule has 2 aromatic rings. The molecular weight excluding hydrogens is 352 g/mol. The van der Waals surface area contributed by atoms with Crippen molar-refractivity contribution in [2.24, 2.45) is 0 Å². The number of imidazole rings is 1. The number of sulfone groups is 1. The minimum absolute atomic E-state index is 0.0745. The maximum atomic E-state index is 11.3. The van der Waals surface area contributed by atoms with Crippen molar-refractivity contribution in [1.29, 1.82) is 0 Å². The molecule has 1 unspecified atom stereocenters. The molecule has 0 saturated heterocycles. The fourth-order valence-corrected chi connectivity index (χ4v) is 2.95. The maximum Gasteiger partial charge on any atom is 0.149 e. The lowest BCUT2D eigenvalue weighted by atomic mass is 10.3. The standard InChI is InChI=1S/C12H14BrClN2O2S/c1-8(14)12-15-10-7-9(13)3-4-11(10)16(12)5-6-19(2,17)18/h3-4,7-8H,5-6H2,1-2H3. The van der Waals surface area contributed by atoms with Crippen LogP contribution < -0.4 is 0 Å². The van der Waals surface area contributed by atoms with E-state index in [1.165, 1.54) is 6.26 Å². The van der Waals surface area contributed by atoms with Crippen molar-refractivity contribution in [1.82, 2.24) is 9.55 Å². The Labute approximate surface area is 125 Å². The van der Waals surface area contributed by atoms with Crippen molar-refractivity contribution < 1.29 is 8.42 Å². The summed E-state index contributed by atoms with van der Waals surface area (Å²) in [5.74, 6) is 0.768. The Kier molecular flexibility index (Phi) is 4.23. The van der Waals surface area contributed by atoms with Crippen LogP contribution in [0.15, 0.2) is 22.7 Å². The van der Waals surface area contributed by atoms with Crippen LogP contribution in [0, 0.1) is 0 Å². The number of aryl methyl sites for hydroxylation is 1. The van der Waals surface area contributed by atoms with Gasteiger partial charge in [-0.05, 0) is 25.1 Å². The summed E-state index contributed by atoms with van der Waals surface area (Å²) in [5.41, 5.74) is 1.71. The lowest BCUT2D eigenvalue weighted by Gasteiger charge is -2.09. The fraction of sp³-hybridized carbons (Fsp3) is 0.417. The van der Waals surface area contributed by atoms with E-state index in [1.807, 2.05) is 29.7 Å². The van der Waals surface area contributed by atoms with E-state index in [0.717, 1.165) is 15.5 Å². The van der Waals surface area contributed by atoms with Crippen LogP contribution in [0.25, 0.3) is 11.0 Å². The van der Waals surface area contributed by atoms with Crippen LogP contribution >= 0.6 is 27.5 Å². The highest BCUT2D eigenvalue weighted by Gasteiger charge is 2.16. The Hall–Kier alpha value is -0.590. The summed E-state index contributed by atoms with van der Waals surface area (Å²) in [6, 6.07) is 5.72. The normalized spacial score (nSPS) is 13.9. The molecule has 0 radical (unpaired) electrons. The van der Waals surface area contributed by atoms with E-state index >= 15 is 0 Å². The molecule has 0 aliphatic carbocycles. The first-order valence-corrected chi connectivity index (χ1v) is 9.04. The van der Waals surface area contributed by atoms with E-state index in [4.69, 9.17) is 11.6 Å². The molecule has 4 nitrogen and oxygen atoms in total. The number of benzene rings is 1. The molecule has 1 atom stereocenters. The van der Waals surface area contributed by atoms with Gasteiger partial charge in [0.05, 0.1) is 22.2 Å². The first-order valence-electron chi connectivity index (χ1n) is 5.75. The molecule has 0 bridgehead atoms. The molecular formula is C12H14BrClN2O2S. The minimum atomic E-state index is -3.02. The summed E-state index contributed by atoms with van der Waals surface area (Å²) in [5, 5.41) is -0.272. The van der Waals surface area contributed by atoms with Crippen molar-refractivity contribution in [3.8, 4) is 0 Å². The third-order valence-electron chi connectivity index (χ3n) is 2.78. The zero-order chi connectivity index (χ0) is 14.2. The van der Waals surface area contributed by atoms with Gasteiger partial charge in [-0.2, -0.15) is 0 Å². The van der Waals surface area contributed by atoms with Crippen LogP contribution in [0.2, 0.25) is 0 Å². The highest BCUT2D eigenvalue weighted by atomic mass is 79.9. The smallest absolute Gasteiger partial charge is 0.149 e. The first kappa shape index (κ1) is 14.8. The van der Waals surface area contributed by atoms with E-state index in [9.17, 15) is 8.42 Å². The van der Waals surface area contributed by atoms with Crippen molar-refractivity contribution in [3.63, 3.8) is 0 Å². The van der Waals surface area contributed by atoms with E-state index in [-0.39, 0.29) is 11.1 Å². The van der Waals surface area contributed by atoms with Gasteiger partial charge in [0.1, 0.15) is 15.7 Å². The predicted octanol–water partition coefficient (Wildman–Crippen LogP) is 3.14. The molecule has 0 amide bonds. The molecule has 2 rings (SSSR count). The van der Waals surface area contributed by atoms with Gasteiger partial charge in [0, 0.05) is 17.3 Å². The van der Waals surface area contributed by atoms with Crippen molar-refractivity contribution in [3.05, 3.63) is 28.5 Å². The third kappa shape index (κ3) is 3.49. The van der Waals surface area contributed by atoms with Crippen LogP contribution in [-0.2, 0) is 16.4 Å². The van der Waals surface area contributed by atoms with Crippen LogP contribution in [0.4, 0.5) is 0 Å². The molecule has 0 aliphatic rings. The molecule has 1 aromatic heterocycles. The summed E-state index contributed by atoms with van der Waals surface area (Å²) in [7, 11) is -3.02. The zero-order valence-electron chi connectivity index (χ0n) is 10.6. The lowest BCUT2D eigenvalue weighted by molar-refractivity contribution is 0.593. The van der Waals surface area contributed by atoms with Crippen LogP contribution in [-0.4, -0.2) is 30.0 Å². The van der Waals surface area contributed by atoms with E-state index in [2.05, 4.69) is 20.9 Å². The summed E-state index contributed by atoms with van der Waals surface area (Å²) < 4.78 is 25.5. The monoisotopic (exact) mass is 364 g/mol. The lowest BCUT2D eigenvalue weighted by Crippen LogP contribution is -2.13. The largest absolute Gasteiger partial charge is 0.326 e.